The maximum absolute atomic E-state index is 7.75. The van der Waals surface area contributed by atoms with Crippen LogP contribution in [0.15, 0.2) is 28.5 Å². The minimum atomic E-state index is -0.0385. The first kappa shape index (κ1) is 11.1. The molecule has 3 heteroatoms. The Morgan fingerprint density at radius 2 is 2.12 bits per heavy atom. The molecule has 2 rings (SSSR count). The normalized spacial score (nSPS) is 27.6. The molecule has 1 aliphatic heterocycles. The molecule has 0 saturated carbocycles. The average Bonchev–Trinajstić information content (AvgIpc) is 2.17. The number of fused-ring (bicyclic) bond motifs is 1. The van der Waals surface area contributed by atoms with Crippen molar-refractivity contribution in [3.63, 3.8) is 0 Å². The quantitative estimate of drug-likeness (QED) is 0.676. The summed E-state index contributed by atoms with van der Waals surface area (Å²) in [7, 11) is 1.64. The molecule has 1 aliphatic carbocycles. The molecule has 16 heavy (non-hydrogen) atoms. The first-order chi connectivity index (χ1) is 7.43. The van der Waals surface area contributed by atoms with Crippen LogP contribution in [-0.2, 0) is 4.74 Å². The van der Waals surface area contributed by atoms with Crippen molar-refractivity contribution in [1.82, 2.24) is 0 Å². The second kappa shape index (κ2) is 3.58. The SMILES string of the molecule is COC1=CC(=N)C=C2C1=NC(C)(C)CC2C. The lowest BCUT2D eigenvalue weighted by atomic mass is 9.79. The minimum Gasteiger partial charge on any atom is -0.494 e. The summed E-state index contributed by atoms with van der Waals surface area (Å²) in [6, 6.07) is 0. The lowest BCUT2D eigenvalue weighted by molar-refractivity contribution is 0.309. The molecule has 86 valence electrons. The molecule has 2 aliphatic rings. The third kappa shape index (κ3) is 1.82. The Balaban J connectivity index is 2.52. The van der Waals surface area contributed by atoms with E-state index in [-0.39, 0.29) is 5.54 Å². The average molecular weight is 218 g/mol. The predicted octanol–water partition coefficient (Wildman–Crippen LogP) is 2.74. The van der Waals surface area contributed by atoms with Crippen molar-refractivity contribution < 1.29 is 4.74 Å². The number of aliphatic imine (C=N–C) groups is 1. The largest absolute Gasteiger partial charge is 0.494 e. The van der Waals surface area contributed by atoms with Crippen LogP contribution in [0.2, 0.25) is 0 Å². The highest BCUT2D eigenvalue weighted by Crippen LogP contribution is 2.35. The predicted molar refractivity (Wildman–Crippen MR) is 66.2 cm³/mol. The Morgan fingerprint density at radius 3 is 2.75 bits per heavy atom. The number of allylic oxidation sites excluding steroid dienone is 3. The summed E-state index contributed by atoms with van der Waals surface area (Å²) in [4.78, 5) is 4.73. The smallest absolute Gasteiger partial charge is 0.146 e. The zero-order valence-electron chi connectivity index (χ0n) is 10.3. The molecule has 0 amide bonds. The van der Waals surface area contributed by atoms with E-state index in [2.05, 4.69) is 20.8 Å². The highest BCUT2D eigenvalue weighted by Gasteiger charge is 2.34. The van der Waals surface area contributed by atoms with Gasteiger partial charge < -0.3 is 10.1 Å². The molecule has 0 bridgehead atoms. The van der Waals surface area contributed by atoms with Crippen LogP contribution in [0.5, 0.6) is 0 Å². The Bertz CT molecular complexity index is 427. The number of hydrogen-bond donors (Lipinski definition) is 1. The van der Waals surface area contributed by atoms with Gasteiger partial charge in [-0.3, -0.25) is 4.99 Å². The molecular weight excluding hydrogens is 200 g/mol. The number of ether oxygens (including phenoxy) is 1. The van der Waals surface area contributed by atoms with E-state index in [0.29, 0.717) is 11.6 Å². The fraction of sp³-hybridized carbons (Fsp3) is 0.538. The Labute approximate surface area is 96.4 Å². The molecule has 0 saturated heterocycles. The fourth-order valence-corrected chi connectivity index (χ4v) is 2.49. The van der Waals surface area contributed by atoms with Crippen molar-refractivity contribution in [3.8, 4) is 0 Å². The van der Waals surface area contributed by atoms with E-state index in [1.54, 1.807) is 13.2 Å². The van der Waals surface area contributed by atoms with Gasteiger partial charge in [0.05, 0.1) is 18.4 Å². The standard InChI is InChI=1S/C13H18N2O/c1-8-7-13(2,3)15-12-10(8)5-9(14)6-11(12)16-4/h5-6,8,14H,7H2,1-4H3. The number of nitrogens with zero attached hydrogens (tertiary/aromatic N) is 1. The molecule has 1 unspecified atom stereocenters. The monoisotopic (exact) mass is 218 g/mol. The lowest BCUT2D eigenvalue weighted by Gasteiger charge is -2.34. The first-order valence-electron chi connectivity index (χ1n) is 5.59. The molecule has 0 spiro atoms. The molecule has 0 aromatic heterocycles. The van der Waals surface area contributed by atoms with Crippen LogP contribution in [0, 0.1) is 11.3 Å². The molecule has 1 atom stereocenters. The van der Waals surface area contributed by atoms with Gasteiger partial charge in [-0.1, -0.05) is 6.92 Å². The molecular formula is C13H18N2O. The van der Waals surface area contributed by atoms with Crippen molar-refractivity contribution in [1.29, 1.82) is 5.41 Å². The van der Waals surface area contributed by atoms with Crippen LogP contribution in [-0.4, -0.2) is 24.1 Å². The maximum Gasteiger partial charge on any atom is 0.146 e. The Hall–Kier alpha value is -1.38. The summed E-state index contributed by atoms with van der Waals surface area (Å²) in [5.41, 5.74) is 2.53. The van der Waals surface area contributed by atoms with Crippen molar-refractivity contribution in [2.45, 2.75) is 32.7 Å². The summed E-state index contributed by atoms with van der Waals surface area (Å²) in [6.07, 6.45) is 4.66. The van der Waals surface area contributed by atoms with Crippen LogP contribution in [0.1, 0.15) is 27.2 Å². The van der Waals surface area contributed by atoms with Gasteiger partial charge in [-0.05, 0) is 37.8 Å². The lowest BCUT2D eigenvalue weighted by Crippen LogP contribution is -2.34. The number of hydrogen-bond acceptors (Lipinski definition) is 3. The van der Waals surface area contributed by atoms with Crippen molar-refractivity contribution in [3.05, 3.63) is 23.5 Å². The van der Waals surface area contributed by atoms with E-state index in [0.717, 1.165) is 23.5 Å². The van der Waals surface area contributed by atoms with E-state index in [1.807, 2.05) is 6.08 Å². The highest BCUT2D eigenvalue weighted by molar-refractivity contribution is 6.23. The van der Waals surface area contributed by atoms with Gasteiger partial charge in [-0.2, -0.15) is 0 Å². The van der Waals surface area contributed by atoms with Gasteiger partial charge in [0.2, 0.25) is 0 Å². The van der Waals surface area contributed by atoms with E-state index in [9.17, 15) is 0 Å². The molecule has 3 nitrogen and oxygen atoms in total. The first-order valence-corrected chi connectivity index (χ1v) is 5.59. The topological polar surface area (TPSA) is 45.4 Å². The van der Waals surface area contributed by atoms with Gasteiger partial charge in [-0.25, -0.2) is 0 Å². The summed E-state index contributed by atoms with van der Waals surface area (Å²) in [5.74, 6) is 1.16. The highest BCUT2D eigenvalue weighted by atomic mass is 16.5. The molecule has 1 N–H and O–H groups in total. The van der Waals surface area contributed by atoms with E-state index in [1.165, 1.54) is 0 Å². The summed E-state index contributed by atoms with van der Waals surface area (Å²) >= 11 is 0. The minimum absolute atomic E-state index is 0.0385. The van der Waals surface area contributed by atoms with E-state index < -0.39 is 0 Å². The number of nitrogens with one attached hydrogen (secondary N) is 1. The Morgan fingerprint density at radius 1 is 1.44 bits per heavy atom. The van der Waals surface area contributed by atoms with Gasteiger partial charge in [0.1, 0.15) is 11.5 Å². The summed E-state index contributed by atoms with van der Waals surface area (Å²) < 4.78 is 5.32. The maximum atomic E-state index is 7.75. The summed E-state index contributed by atoms with van der Waals surface area (Å²) in [5, 5.41) is 7.75. The molecule has 0 aromatic carbocycles. The zero-order valence-corrected chi connectivity index (χ0v) is 10.3. The molecule has 1 heterocycles. The second-order valence-electron chi connectivity index (χ2n) is 5.15. The third-order valence-electron chi connectivity index (χ3n) is 3.08. The van der Waals surface area contributed by atoms with Gasteiger partial charge in [0.25, 0.3) is 0 Å². The molecule has 0 aromatic rings. The van der Waals surface area contributed by atoms with E-state index in [4.69, 9.17) is 15.1 Å². The van der Waals surface area contributed by atoms with E-state index >= 15 is 0 Å². The molecule has 0 radical (unpaired) electrons. The van der Waals surface area contributed by atoms with Gasteiger partial charge in [0, 0.05) is 6.08 Å². The van der Waals surface area contributed by atoms with Crippen LogP contribution >= 0.6 is 0 Å². The summed E-state index contributed by atoms with van der Waals surface area (Å²) in [6.45, 7) is 6.47. The van der Waals surface area contributed by atoms with Crippen molar-refractivity contribution in [2.24, 2.45) is 10.9 Å². The van der Waals surface area contributed by atoms with Crippen molar-refractivity contribution in [2.75, 3.05) is 7.11 Å². The van der Waals surface area contributed by atoms with Crippen LogP contribution < -0.4 is 0 Å². The number of rotatable bonds is 1. The van der Waals surface area contributed by atoms with Crippen LogP contribution in [0.4, 0.5) is 0 Å². The fourth-order valence-electron chi connectivity index (χ4n) is 2.49. The second-order valence-corrected chi connectivity index (χ2v) is 5.15. The Kier molecular flexibility index (Phi) is 2.49. The molecule has 0 fully saturated rings. The van der Waals surface area contributed by atoms with Crippen LogP contribution in [0.3, 0.4) is 0 Å². The number of methoxy groups -OCH3 is 1. The van der Waals surface area contributed by atoms with Gasteiger partial charge >= 0.3 is 0 Å². The zero-order chi connectivity index (χ0) is 11.9. The van der Waals surface area contributed by atoms with Gasteiger partial charge in [-0.15, -0.1) is 0 Å². The van der Waals surface area contributed by atoms with Gasteiger partial charge in [0.15, 0.2) is 0 Å². The third-order valence-corrected chi connectivity index (χ3v) is 3.08. The van der Waals surface area contributed by atoms with Crippen molar-refractivity contribution >= 4 is 11.4 Å². The van der Waals surface area contributed by atoms with Crippen LogP contribution in [0.25, 0.3) is 0 Å².